The summed E-state index contributed by atoms with van der Waals surface area (Å²) >= 11 is 0. The number of aliphatic carboxylic acids is 1. The van der Waals surface area contributed by atoms with Crippen molar-refractivity contribution >= 4 is 12.0 Å². The molecule has 2 amide bonds. The van der Waals surface area contributed by atoms with Crippen molar-refractivity contribution in [3.05, 3.63) is 35.9 Å². The van der Waals surface area contributed by atoms with Crippen molar-refractivity contribution in [2.24, 2.45) is 0 Å². The van der Waals surface area contributed by atoms with E-state index in [-0.39, 0.29) is 6.03 Å². The van der Waals surface area contributed by atoms with Gasteiger partial charge in [-0.15, -0.1) is 0 Å². The summed E-state index contributed by atoms with van der Waals surface area (Å²) in [4.78, 5) is 29.9. The molecule has 0 aliphatic carbocycles. The Hall–Kier alpha value is -2.12. The lowest BCUT2D eigenvalue weighted by atomic mass is 10.0. The molecule has 2 bridgehead atoms. The highest BCUT2D eigenvalue weighted by Gasteiger charge is 2.31. The molecule has 0 spiro atoms. The number of fused-ring (bicyclic) bond motifs is 2. The molecular weight excluding hydrogens is 320 g/mol. The van der Waals surface area contributed by atoms with Gasteiger partial charge in [0.25, 0.3) is 0 Å². The summed E-state index contributed by atoms with van der Waals surface area (Å²) in [6.45, 7) is 5.47. The van der Waals surface area contributed by atoms with Crippen LogP contribution in [0.15, 0.2) is 30.3 Å². The molecule has 2 aliphatic heterocycles. The minimum Gasteiger partial charge on any atom is -0.480 e. The van der Waals surface area contributed by atoms with Crippen LogP contribution in [0, 0.1) is 0 Å². The molecule has 1 unspecified atom stereocenters. The zero-order valence-electron chi connectivity index (χ0n) is 14.4. The van der Waals surface area contributed by atoms with Gasteiger partial charge in [-0.25, -0.2) is 4.79 Å². The molecule has 7 nitrogen and oxygen atoms in total. The van der Waals surface area contributed by atoms with Crippen molar-refractivity contribution in [3.8, 4) is 0 Å². The van der Waals surface area contributed by atoms with Crippen LogP contribution in [0.5, 0.6) is 0 Å². The second kappa shape index (κ2) is 8.31. The van der Waals surface area contributed by atoms with Gasteiger partial charge in [0.15, 0.2) is 0 Å². The number of amides is 2. The Morgan fingerprint density at radius 1 is 1.00 bits per heavy atom. The summed E-state index contributed by atoms with van der Waals surface area (Å²) in [6.07, 6.45) is 0.468. The van der Waals surface area contributed by atoms with E-state index in [9.17, 15) is 14.7 Å². The Balaban J connectivity index is 1.71. The molecule has 136 valence electrons. The number of benzene rings is 1. The number of rotatable bonds is 4. The lowest BCUT2D eigenvalue weighted by molar-refractivity contribution is -0.143. The Morgan fingerprint density at radius 3 is 2.36 bits per heavy atom. The number of urea groups is 1. The van der Waals surface area contributed by atoms with Crippen LogP contribution in [0.4, 0.5) is 4.79 Å². The average molecular weight is 346 g/mol. The lowest BCUT2D eigenvalue weighted by Gasteiger charge is -2.30. The molecule has 2 N–H and O–H groups in total. The highest BCUT2D eigenvalue weighted by Crippen LogP contribution is 2.13. The van der Waals surface area contributed by atoms with Gasteiger partial charge in [-0.05, 0) is 12.0 Å². The van der Waals surface area contributed by atoms with Gasteiger partial charge in [-0.1, -0.05) is 30.3 Å². The maximum Gasteiger partial charge on any atom is 0.321 e. The number of carbonyl (C=O) groups is 2. The Kier molecular flexibility index (Phi) is 5.88. The quantitative estimate of drug-likeness (QED) is 0.821. The summed E-state index contributed by atoms with van der Waals surface area (Å²) in [6, 6.07) is 9.20. The summed E-state index contributed by atoms with van der Waals surface area (Å²) < 4.78 is 0. The molecule has 2 saturated heterocycles. The van der Waals surface area contributed by atoms with Gasteiger partial charge in [-0.2, -0.15) is 0 Å². The molecule has 1 aromatic rings. The Bertz CT molecular complexity index is 595. The van der Waals surface area contributed by atoms with Crippen molar-refractivity contribution in [2.45, 2.75) is 12.5 Å². The van der Waals surface area contributed by atoms with E-state index in [4.69, 9.17) is 0 Å². The van der Waals surface area contributed by atoms with E-state index in [2.05, 4.69) is 5.32 Å². The minimum atomic E-state index is -0.812. The fraction of sp³-hybridized carbons (Fsp3) is 0.556. The van der Waals surface area contributed by atoms with Crippen molar-refractivity contribution in [1.29, 1.82) is 0 Å². The van der Waals surface area contributed by atoms with E-state index < -0.39 is 12.0 Å². The number of nitrogens with zero attached hydrogens (tertiary/aromatic N) is 3. The summed E-state index contributed by atoms with van der Waals surface area (Å²) in [7, 11) is 0. The molecule has 3 rings (SSSR count). The van der Waals surface area contributed by atoms with E-state index in [1.807, 2.05) is 45.0 Å². The molecule has 2 fully saturated rings. The third kappa shape index (κ3) is 4.49. The third-order valence-corrected chi connectivity index (χ3v) is 4.97. The second-order valence-electron chi connectivity index (χ2n) is 6.59. The van der Waals surface area contributed by atoms with Crippen molar-refractivity contribution in [1.82, 2.24) is 20.0 Å². The maximum absolute atomic E-state index is 12.3. The number of nitrogens with one attached hydrogen (secondary N) is 1. The normalized spacial score (nSPS) is 21.0. The molecule has 2 aliphatic rings. The van der Waals surface area contributed by atoms with Crippen molar-refractivity contribution in [2.75, 3.05) is 52.4 Å². The van der Waals surface area contributed by atoms with Crippen LogP contribution in [-0.2, 0) is 11.2 Å². The predicted molar refractivity (Wildman–Crippen MR) is 94.6 cm³/mol. The van der Waals surface area contributed by atoms with E-state index in [0.29, 0.717) is 32.6 Å². The first-order valence-corrected chi connectivity index (χ1v) is 8.90. The first-order valence-electron chi connectivity index (χ1n) is 8.90. The van der Waals surface area contributed by atoms with E-state index in [0.717, 1.165) is 31.7 Å². The smallest absolute Gasteiger partial charge is 0.321 e. The number of hydrogen-bond donors (Lipinski definition) is 2. The number of hydrogen-bond acceptors (Lipinski definition) is 4. The molecular formula is C18H26N4O3. The molecule has 0 radical (unpaired) electrons. The minimum absolute atomic E-state index is 0.0681. The van der Waals surface area contributed by atoms with Crippen LogP contribution < -0.4 is 5.32 Å². The monoisotopic (exact) mass is 346 g/mol. The van der Waals surface area contributed by atoms with Gasteiger partial charge >= 0.3 is 12.0 Å². The molecule has 25 heavy (non-hydrogen) atoms. The van der Waals surface area contributed by atoms with E-state index >= 15 is 0 Å². The standard InChI is InChI=1S/C18H26N4O3/c23-17(24)16(14-15-4-2-1-3-5-15)20-8-6-19-7-9-21-12-13-22(11-10-20)18(21)25/h1-5,16,19H,6-14H2,(H,23,24). The number of carboxylic acid groups (broad SMARTS) is 1. The van der Waals surface area contributed by atoms with Gasteiger partial charge in [0, 0.05) is 52.4 Å². The highest BCUT2D eigenvalue weighted by molar-refractivity contribution is 5.76. The van der Waals surface area contributed by atoms with E-state index in [1.165, 1.54) is 0 Å². The van der Waals surface area contributed by atoms with Gasteiger partial charge in [0.05, 0.1) is 0 Å². The maximum atomic E-state index is 12.3. The van der Waals surface area contributed by atoms with Crippen LogP contribution in [0.2, 0.25) is 0 Å². The molecule has 0 aromatic heterocycles. The predicted octanol–water partition coefficient (Wildman–Crippen LogP) is 0.325. The van der Waals surface area contributed by atoms with Crippen LogP contribution in [0.3, 0.4) is 0 Å². The van der Waals surface area contributed by atoms with Crippen LogP contribution in [0.25, 0.3) is 0 Å². The van der Waals surface area contributed by atoms with Crippen LogP contribution in [-0.4, -0.2) is 90.2 Å². The van der Waals surface area contributed by atoms with Gasteiger partial charge in [0.2, 0.25) is 0 Å². The van der Waals surface area contributed by atoms with Gasteiger partial charge in [0.1, 0.15) is 6.04 Å². The van der Waals surface area contributed by atoms with Gasteiger partial charge < -0.3 is 20.2 Å². The second-order valence-corrected chi connectivity index (χ2v) is 6.59. The van der Waals surface area contributed by atoms with Crippen LogP contribution in [0.1, 0.15) is 5.56 Å². The first-order chi connectivity index (χ1) is 12.1. The summed E-state index contributed by atoms with van der Waals surface area (Å²) in [5, 5.41) is 13.1. The summed E-state index contributed by atoms with van der Waals surface area (Å²) in [5.74, 6) is -0.812. The van der Waals surface area contributed by atoms with Crippen LogP contribution >= 0.6 is 0 Å². The molecule has 1 aromatic carbocycles. The Labute approximate surface area is 148 Å². The van der Waals surface area contributed by atoms with Gasteiger partial charge in [-0.3, -0.25) is 9.69 Å². The largest absolute Gasteiger partial charge is 0.480 e. The topological polar surface area (TPSA) is 76.1 Å². The van der Waals surface area contributed by atoms with Crippen molar-refractivity contribution < 1.29 is 14.7 Å². The van der Waals surface area contributed by atoms with Crippen molar-refractivity contribution in [3.63, 3.8) is 0 Å². The highest BCUT2D eigenvalue weighted by atomic mass is 16.4. The zero-order chi connectivity index (χ0) is 17.6. The average Bonchev–Trinajstić information content (AvgIpc) is 2.94. The SMILES string of the molecule is O=C(O)C(Cc1ccccc1)N1CCNCCN2CCN(CC1)C2=O. The molecule has 0 saturated carbocycles. The molecule has 2 heterocycles. The lowest BCUT2D eigenvalue weighted by Crippen LogP contribution is -2.48. The fourth-order valence-corrected chi connectivity index (χ4v) is 3.49. The molecule has 1 atom stereocenters. The summed E-state index contributed by atoms with van der Waals surface area (Å²) in [5.41, 5.74) is 1.01. The first kappa shape index (κ1) is 17.7. The zero-order valence-corrected chi connectivity index (χ0v) is 14.4. The van der Waals surface area contributed by atoms with E-state index in [1.54, 1.807) is 0 Å². The number of carbonyl (C=O) groups excluding carboxylic acids is 1. The molecule has 7 heteroatoms. The third-order valence-electron chi connectivity index (χ3n) is 4.97. The fourth-order valence-electron chi connectivity index (χ4n) is 3.49. The Morgan fingerprint density at radius 2 is 1.64 bits per heavy atom. The number of carboxylic acids is 1.